The van der Waals surface area contributed by atoms with Crippen LogP contribution in [0.25, 0.3) is 22.6 Å². The predicted molar refractivity (Wildman–Crippen MR) is 151 cm³/mol. The molecule has 40 heavy (non-hydrogen) atoms. The number of nitrogens with zero attached hydrogens (tertiary/aromatic N) is 3. The molecular weight excluding hydrogens is 510 g/mol. The van der Waals surface area contributed by atoms with Crippen LogP contribution >= 0.6 is 0 Å². The number of pyridine rings is 1. The van der Waals surface area contributed by atoms with E-state index < -0.39 is 0 Å². The van der Waals surface area contributed by atoms with Gasteiger partial charge in [-0.1, -0.05) is 0 Å². The Morgan fingerprint density at radius 3 is 2.52 bits per heavy atom. The Labute approximate surface area is 232 Å². The second-order valence-corrected chi connectivity index (χ2v) is 9.84. The Balaban J connectivity index is 1.33. The summed E-state index contributed by atoms with van der Waals surface area (Å²) in [6.07, 6.45) is 2.87. The molecule has 2 N–H and O–H groups in total. The molecule has 1 aliphatic heterocycles. The van der Waals surface area contributed by atoms with Crippen molar-refractivity contribution in [3.05, 3.63) is 66.4 Å². The van der Waals surface area contributed by atoms with Gasteiger partial charge >= 0.3 is 0 Å². The van der Waals surface area contributed by atoms with Crippen LogP contribution in [-0.4, -0.2) is 71.6 Å². The van der Waals surface area contributed by atoms with Crippen molar-refractivity contribution in [1.29, 1.82) is 0 Å². The van der Waals surface area contributed by atoms with Crippen LogP contribution in [-0.2, 0) is 9.53 Å². The molecule has 10 heteroatoms. The molecular formula is C30H33N5O5. The quantitative estimate of drug-likeness (QED) is 0.321. The lowest BCUT2D eigenvalue weighted by Gasteiger charge is -2.31. The Hall–Kier alpha value is -4.44. The van der Waals surface area contributed by atoms with Crippen LogP contribution in [0.5, 0.6) is 17.2 Å². The van der Waals surface area contributed by atoms with Gasteiger partial charge < -0.3 is 29.4 Å². The van der Waals surface area contributed by atoms with Crippen LogP contribution in [0.3, 0.4) is 0 Å². The maximum absolute atomic E-state index is 13.0. The number of ether oxygens (including phenoxy) is 3. The van der Waals surface area contributed by atoms with E-state index in [-0.39, 0.29) is 23.8 Å². The number of nitrogens with one attached hydrogen (secondary N) is 2. The average Bonchev–Trinajstić information content (AvgIpc) is 3.41. The van der Waals surface area contributed by atoms with E-state index in [4.69, 9.17) is 14.2 Å². The molecule has 0 saturated carbocycles. The topological polar surface area (TPSA) is 119 Å². The Bertz CT molecular complexity index is 1440. The highest BCUT2D eigenvalue weighted by atomic mass is 16.5. The van der Waals surface area contributed by atoms with E-state index in [2.05, 4.69) is 20.3 Å². The second kappa shape index (κ2) is 12.2. The van der Waals surface area contributed by atoms with Crippen molar-refractivity contribution in [1.82, 2.24) is 25.2 Å². The smallest absolute Gasteiger partial charge is 0.253 e. The van der Waals surface area contributed by atoms with Crippen molar-refractivity contribution in [3.8, 4) is 28.6 Å². The molecule has 208 valence electrons. The number of imidazole rings is 1. The Morgan fingerprint density at radius 2 is 1.82 bits per heavy atom. The van der Waals surface area contributed by atoms with Gasteiger partial charge in [-0.3, -0.25) is 9.59 Å². The van der Waals surface area contributed by atoms with E-state index in [1.807, 2.05) is 37.3 Å². The van der Waals surface area contributed by atoms with Gasteiger partial charge in [-0.15, -0.1) is 0 Å². The molecule has 1 fully saturated rings. The van der Waals surface area contributed by atoms with Gasteiger partial charge in [0.15, 0.2) is 5.65 Å². The van der Waals surface area contributed by atoms with Crippen LogP contribution in [0.2, 0.25) is 0 Å². The molecule has 0 aliphatic carbocycles. The number of hydrogen-bond donors (Lipinski definition) is 2. The highest BCUT2D eigenvalue weighted by molar-refractivity contribution is 5.94. The minimum Gasteiger partial charge on any atom is -0.488 e. The van der Waals surface area contributed by atoms with Crippen molar-refractivity contribution < 1.29 is 23.8 Å². The zero-order valence-corrected chi connectivity index (χ0v) is 22.8. The van der Waals surface area contributed by atoms with Gasteiger partial charge in [0.1, 0.15) is 34.7 Å². The molecule has 1 atom stereocenters. The number of likely N-dealkylation sites (tertiary alicyclic amines) is 1. The standard InChI is InChI=1S/C30H33N5O5/c1-19(18-38-3)39-24-15-22(27-33-26-5-4-12-32-28(26)34-27)16-25(17-24)40-23-8-6-21(7-9-23)30(37)35-13-10-20(11-14-35)29(36)31-2/h4-9,12,15-17,19-20H,10-11,13-14,18H2,1-3H3,(H,31,36)(H,32,33,34)/t19-/m0/s1. The van der Waals surface area contributed by atoms with Gasteiger partial charge in [-0.25, -0.2) is 9.97 Å². The highest BCUT2D eigenvalue weighted by Crippen LogP contribution is 2.33. The Morgan fingerprint density at radius 1 is 1.07 bits per heavy atom. The molecule has 0 bridgehead atoms. The van der Waals surface area contributed by atoms with Crippen molar-refractivity contribution in [2.24, 2.45) is 5.92 Å². The fraction of sp³-hybridized carbons (Fsp3) is 0.333. The van der Waals surface area contributed by atoms with Gasteiger partial charge in [0, 0.05) is 56.6 Å². The molecule has 0 unspecified atom stereocenters. The number of amides is 2. The van der Waals surface area contributed by atoms with E-state index in [9.17, 15) is 9.59 Å². The first-order chi connectivity index (χ1) is 19.4. The molecule has 0 spiro atoms. The van der Waals surface area contributed by atoms with Gasteiger partial charge in [0.05, 0.1) is 6.61 Å². The summed E-state index contributed by atoms with van der Waals surface area (Å²) >= 11 is 0. The lowest BCUT2D eigenvalue weighted by Crippen LogP contribution is -2.42. The van der Waals surface area contributed by atoms with Crippen molar-refractivity contribution in [2.75, 3.05) is 33.9 Å². The number of H-pyrrole nitrogens is 1. The van der Waals surface area contributed by atoms with E-state index >= 15 is 0 Å². The molecule has 2 aromatic carbocycles. The number of hydrogen-bond acceptors (Lipinski definition) is 7. The number of aromatic amines is 1. The fourth-order valence-electron chi connectivity index (χ4n) is 4.85. The highest BCUT2D eigenvalue weighted by Gasteiger charge is 2.27. The first kappa shape index (κ1) is 27.1. The molecule has 4 aromatic rings. The zero-order chi connectivity index (χ0) is 28.1. The van der Waals surface area contributed by atoms with Crippen LogP contribution in [0.4, 0.5) is 0 Å². The monoisotopic (exact) mass is 543 g/mol. The van der Waals surface area contributed by atoms with Gasteiger partial charge in [0.2, 0.25) is 5.91 Å². The zero-order valence-electron chi connectivity index (χ0n) is 22.8. The van der Waals surface area contributed by atoms with Crippen molar-refractivity contribution in [2.45, 2.75) is 25.9 Å². The number of rotatable bonds is 9. The number of fused-ring (bicyclic) bond motifs is 1. The van der Waals surface area contributed by atoms with E-state index in [0.29, 0.717) is 66.8 Å². The third-order valence-corrected chi connectivity index (χ3v) is 6.88. The number of carbonyl (C=O) groups is 2. The summed E-state index contributed by atoms with van der Waals surface area (Å²) in [7, 11) is 3.28. The number of methoxy groups -OCH3 is 1. The molecule has 10 nitrogen and oxygen atoms in total. The maximum Gasteiger partial charge on any atom is 0.253 e. The number of aromatic nitrogens is 3. The summed E-state index contributed by atoms with van der Waals surface area (Å²) in [6.45, 7) is 3.49. The first-order valence-electron chi connectivity index (χ1n) is 13.3. The van der Waals surface area contributed by atoms with Gasteiger partial charge in [-0.2, -0.15) is 0 Å². The third-order valence-electron chi connectivity index (χ3n) is 6.88. The van der Waals surface area contributed by atoms with Crippen molar-refractivity contribution >= 4 is 23.0 Å². The SMILES string of the molecule is CNC(=O)C1CCN(C(=O)c2ccc(Oc3cc(O[C@@H](C)COC)cc(-c4nc5cccnc5[nH]4)c3)cc2)CC1. The summed E-state index contributed by atoms with van der Waals surface area (Å²) in [6, 6.07) is 16.4. The van der Waals surface area contributed by atoms with E-state index in [1.54, 1.807) is 49.5 Å². The first-order valence-corrected chi connectivity index (χ1v) is 13.3. The maximum atomic E-state index is 13.0. The van der Waals surface area contributed by atoms with Crippen LogP contribution in [0.15, 0.2) is 60.8 Å². The summed E-state index contributed by atoms with van der Waals surface area (Å²) < 4.78 is 17.5. The number of carbonyl (C=O) groups excluding carboxylic acids is 2. The molecule has 2 amide bonds. The summed E-state index contributed by atoms with van der Waals surface area (Å²) in [5.41, 5.74) is 2.81. The Kier molecular flexibility index (Phi) is 8.26. The van der Waals surface area contributed by atoms with Crippen LogP contribution < -0.4 is 14.8 Å². The van der Waals surface area contributed by atoms with Gasteiger partial charge in [0.25, 0.3) is 5.91 Å². The lowest BCUT2D eigenvalue weighted by molar-refractivity contribution is -0.125. The molecule has 2 aromatic heterocycles. The predicted octanol–water partition coefficient (Wildman–Crippen LogP) is 4.43. The summed E-state index contributed by atoms with van der Waals surface area (Å²) in [4.78, 5) is 39.0. The van der Waals surface area contributed by atoms with Crippen LogP contribution in [0.1, 0.15) is 30.1 Å². The number of piperidine rings is 1. The molecule has 5 rings (SSSR count). The minimum absolute atomic E-state index is 0.0383. The molecule has 1 aliphatic rings. The second-order valence-electron chi connectivity index (χ2n) is 9.84. The van der Waals surface area contributed by atoms with Gasteiger partial charge in [-0.05, 0) is 68.3 Å². The fourth-order valence-corrected chi connectivity index (χ4v) is 4.85. The summed E-state index contributed by atoms with van der Waals surface area (Å²) in [5.74, 6) is 2.33. The third kappa shape index (κ3) is 6.23. The molecule has 1 saturated heterocycles. The largest absolute Gasteiger partial charge is 0.488 e. The molecule has 3 heterocycles. The summed E-state index contributed by atoms with van der Waals surface area (Å²) in [5, 5.41) is 2.70. The number of benzene rings is 2. The van der Waals surface area contributed by atoms with E-state index in [0.717, 1.165) is 11.1 Å². The van der Waals surface area contributed by atoms with Crippen molar-refractivity contribution in [3.63, 3.8) is 0 Å². The lowest BCUT2D eigenvalue weighted by atomic mass is 9.95. The molecule has 0 radical (unpaired) electrons. The van der Waals surface area contributed by atoms with Crippen LogP contribution in [0, 0.1) is 5.92 Å². The normalized spacial score (nSPS) is 14.6. The average molecular weight is 544 g/mol. The van der Waals surface area contributed by atoms with E-state index in [1.165, 1.54) is 0 Å². The minimum atomic E-state index is -0.169.